The van der Waals surface area contributed by atoms with E-state index in [1.54, 1.807) is 4.68 Å². The number of benzene rings is 1. The van der Waals surface area contributed by atoms with Crippen molar-refractivity contribution in [2.75, 3.05) is 13.1 Å². The van der Waals surface area contributed by atoms with Crippen LogP contribution in [0.1, 0.15) is 30.5 Å². The van der Waals surface area contributed by atoms with E-state index < -0.39 is 17.7 Å². The molecular weight excluding hydrogens is 445 g/mol. The van der Waals surface area contributed by atoms with Crippen molar-refractivity contribution in [2.45, 2.75) is 38.0 Å². The highest BCUT2D eigenvalue weighted by Gasteiger charge is 2.38. The average molecular weight is 465 g/mol. The van der Waals surface area contributed by atoms with Crippen LogP contribution in [0.5, 0.6) is 0 Å². The van der Waals surface area contributed by atoms with Crippen molar-refractivity contribution in [3.8, 4) is 5.69 Å². The number of nitrogens with one attached hydrogen (secondary N) is 1. The second-order valence-electron chi connectivity index (χ2n) is 6.42. The third-order valence-electron chi connectivity index (χ3n) is 4.28. The summed E-state index contributed by atoms with van der Waals surface area (Å²) in [5, 5.41) is 29.7. The second kappa shape index (κ2) is 9.01. The van der Waals surface area contributed by atoms with E-state index in [0.717, 1.165) is 41.7 Å². The van der Waals surface area contributed by atoms with Crippen LogP contribution in [0, 0.1) is 6.92 Å². The number of aryl methyl sites for hydroxylation is 1. The molecule has 0 amide bonds. The van der Waals surface area contributed by atoms with Crippen LogP contribution in [0.3, 0.4) is 0 Å². The molecule has 1 saturated heterocycles. The van der Waals surface area contributed by atoms with Crippen LogP contribution in [0.25, 0.3) is 5.69 Å². The highest BCUT2D eigenvalue weighted by atomic mass is 79.9. The fourth-order valence-electron chi connectivity index (χ4n) is 2.78. The smallest absolute Gasteiger partial charge is 0.475 e. The summed E-state index contributed by atoms with van der Waals surface area (Å²) in [6.07, 6.45) is -0.898. The second-order valence-corrected chi connectivity index (χ2v) is 7.33. The minimum Gasteiger partial charge on any atom is -0.475 e. The van der Waals surface area contributed by atoms with Crippen molar-refractivity contribution >= 4 is 21.9 Å². The summed E-state index contributed by atoms with van der Waals surface area (Å²) in [5.41, 5.74) is 1.88. The lowest BCUT2D eigenvalue weighted by Crippen LogP contribution is -2.27. The number of hydrogen-bond acceptors (Lipinski definition) is 5. The van der Waals surface area contributed by atoms with Gasteiger partial charge in [-0.3, -0.25) is 0 Å². The molecule has 2 heterocycles. The molecule has 1 aromatic carbocycles. The monoisotopic (exact) mass is 464 g/mol. The van der Waals surface area contributed by atoms with Gasteiger partial charge in [0.05, 0.1) is 11.9 Å². The summed E-state index contributed by atoms with van der Waals surface area (Å²) >= 11 is 3.46. The van der Waals surface area contributed by atoms with Gasteiger partial charge in [0.15, 0.2) is 0 Å². The van der Waals surface area contributed by atoms with Gasteiger partial charge >= 0.3 is 12.1 Å². The van der Waals surface area contributed by atoms with Gasteiger partial charge < -0.3 is 15.5 Å². The van der Waals surface area contributed by atoms with Crippen LogP contribution in [-0.2, 0) is 10.4 Å². The van der Waals surface area contributed by atoms with Gasteiger partial charge in [-0.15, -0.1) is 5.10 Å². The molecule has 3 rings (SSSR count). The summed E-state index contributed by atoms with van der Waals surface area (Å²) in [5.74, 6) is -2.76. The van der Waals surface area contributed by atoms with Gasteiger partial charge in [0.1, 0.15) is 11.3 Å². The number of carboxylic acid groups (broad SMARTS) is 1. The fraction of sp³-hybridized carbons (Fsp3) is 0.471. The Morgan fingerprint density at radius 3 is 2.61 bits per heavy atom. The Hall–Kier alpha value is -1.98. The Kier molecular flexibility index (Phi) is 7.18. The van der Waals surface area contributed by atoms with Crippen molar-refractivity contribution in [1.29, 1.82) is 0 Å². The summed E-state index contributed by atoms with van der Waals surface area (Å²) in [6, 6.07) is 6.02. The lowest BCUT2D eigenvalue weighted by molar-refractivity contribution is -0.192. The molecule has 0 spiro atoms. The van der Waals surface area contributed by atoms with Crippen molar-refractivity contribution < 1.29 is 28.2 Å². The van der Waals surface area contributed by atoms with E-state index in [4.69, 9.17) is 9.90 Å². The maximum absolute atomic E-state index is 10.8. The first-order valence-electron chi connectivity index (χ1n) is 8.45. The first kappa shape index (κ1) is 22.3. The van der Waals surface area contributed by atoms with Crippen molar-refractivity contribution in [1.82, 2.24) is 20.3 Å². The van der Waals surface area contributed by atoms with Crippen molar-refractivity contribution in [3.05, 3.63) is 40.1 Å². The standard InChI is InChI=1S/C15H19BrN4O.C2HF3O2/c1-11-9-12(16)3-4-13(11)20-10-14(18-19-20)15(21)5-2-7-17-8-6-15;3-2(4,5)1(6)7/h3-4,9-10,17,21H,2,5-8H2,1H3;(H,6,7). The molecule has 28 heavy (non-hydrogen) atoms. The molecule has 11 heteroatoms. The summed E-state index contributed by atoms with van der Waals surface area (Å²) in [4.78, 5) is 8.90. The minimum absolute atomic E-state index is 0.661. The molecule has 1 atom stereocenters. The highest BCUT2D eigenvalue weighted by Crippen LogP contribution is 2.30. The van der Waals surface area contributed by atoms with Crippen molar-refractivity contribution in [2.24, 2.45) is 0 Å². The molecule has 154 valence electrons. The Labute approximate surface area is 167 Å². The number of rotatable bonds is 2. The normalized spacial score (nSPS) is 20.1. The van der Waals surface area contributed by atoms with Crippen LogP contribution in [0.15, 0.2) is 28.9 Å². The molecule has 0 aliphatic carbocycles. The topological polar surface area (TPSA) is 100 Å². The van der Waals surface area contributed by atoms with Crippen molar-refractivity contribution in [3.63, 3.8) is 0 Å². The van der Waals surface area contributed by atoms with E-state index in [1.807, 2.05) is 31.3 Å². The zero-order valence-corrected chi connectivity index (χ0v) is 16.6. The average Bonchev–Trinajstić information content (AvgIpc) is 2.98. The lowest BCUT2D eigenvalue weighted by atomic mass is 9.92. The van der Waals surface area contributed by atoms with Gasteiger partial charge in [-0.2, -0.15) is 13.2 Å². The number of carbonyl (C=O) groups is 1. The van der Waals surface area contributed by atoms with Gasteiger partial charge in [-0.05, 0) is 63.0 Å². The summed E-state index contributed by atoms with van der Waals surface area (Å²) in [7, 11) is 0. The number of carboxylic acids is 1. The predicted octanol–water partition coefficient (Wildman–Crippen LogP) is 2.93. The lowest BCUT2D eigenvalue weighted by Gasteiger charge is -2.23. The van der Waals surface area contributed by atoms with Crippen LogP contribution in [-0.4, -0.2) is 50.4 Å². The highest BCUT2D eigenvalue weighted by molar-refractivity contribution is 9.10. The number of aromatic nitrogens is 3. The van der Waals surface area contributed by atoms with Gasteiger partial charge in [0.2, 0.25) is 0 Å². The van der Waals surface area contributed by atoms with E-state index in [9.17, 15) is 18.3 Å². The van der Waals surface area contributed by atoms with Gasteiger partial charge in [-0.25, -0.2) is 9.48 Å². The quantitative estimate of drug-likeness (QED) is 0.631. The number of hydrogen-bond donors (Lipinski definition) is 3. The Morgan fingerprint density at radius 1 is 1.32 bits per heavy atom. The number of alkyl halides is 3. The summed E-state index contributed by atoms with van der Waals surface area (Å²) in [6.45, 7) is 3.79. The molecule has 1 aliphatic heterocycles. The van der Waals surface area contributed by atoms with Crippen LogP contribution >= 0.6 is 15.9 Å². The number of aliphatic hydroxyl groups is 1. The molecule has 0 radical (unpaired) electrons. The first-order chi connectivity index (χ1) is 13.0. The van der Waals surface area contributed by atoms with Gasteiger partial charge in [0.25, 0.3) is 0 Å². The van der Waals surface area contributed by atoms with Crippen LogP contribution in [0.2, 0.25) is 0 Å². The molecule has 2 aromatic rings. The van der Waals surface area contributed by atoms with E-state index in [-0.39, 0.29) is 0 Å². The molecule has 3 N–H and O–H groups in total. The Bertz CT molecular complexity index is 818. The molecule has 7 nitrogen and oxygen atoms in total. The predicted molar refractivity (Wildman–Crippen MR) is 98.1 cm³/mol. The zero-order valence-electron chi connectivity index (χ0n) is 15.0. The van der Waals surface area contributed by atoms with E-state index >= 15 is 0 Å². The maximum atomic E-state index is 10.8. The molecule has 1 unspecified atom stereocenters. The molecule has 1 aliphatic rings. The minimum atomic E-state index is -5.08. The van der Waals surface area contributed by atoms with Gasteiger partial charge in [0, 0.05) is 4.47 Å². The fourth-order valence-corrected chi connectivity index (χ4v) is 3.25. The number of halogens is 4. The number of nitrogens with zero attached hydrogens (tertiary/aromatic N) is 3. The largest absolute Gasteiger partial charge is 0.490 e. The third kappa shape index (κ3) is 5.76. The molecule has 1 fully saturated rings. The van der Waals surface area contributed by atoms with E-state index in [1.165, 1.54) is 0 Å². The molecule has 1 aromatic heterocycles. The Balaban J connectivity index is 0.000000345. The SMILES string of the molecule is Cc1cc(Br)ccc1-n1cc(C2(O)CCCNCC2)nn1.O=C(O)C(F)(F)F. The molecular formula is C17H20BrF3N4O3. The maximum Gasteiger partial charge on any atom is 0.490 e. The third-order valence-corrected chi connectivity index (χ3v) is 4.77. The molecule has 0 bridgehead atoms. The molecule has 0 saturated carbocycles. The van der Waals surface area contributed by atoms with Crippen LogP contribution in [0.4, 0.5) is 13.2 Å². The first-order valence-corrected chi connectivity index (χ1v) is 9.25. The summed E-state index contributed by atoms with van der Waals surface area (Å²) < 4.78 is 34.5. The van der Waals surface area contributed by atoms with Gasteiger partial charge in [-0.1, -0.05) is 21.1 Å². The zero-order chi connectivity index (χ0) is 20.9. The van der Waals surface area contributed by atoms with E-state index in [2.05, 4.69) is 31.6 Å². The number of aliphatic carboxylic acids is 1. The van der Waals surface area contributed by atoms with E-state index in [0.29, 0.717) is 12.1 Å². The Morgan fingerprint density at radius 2 is 2.00 bits per heavy atom. The van der Waals surface area contributed by atoms with Crippen LogP contribution < -0.4 is 5.32 Å².